The Hall–Kier alpha value is -2.74. The van der Waals surface area contributed by atoms with Crippen molar-refractivity contribution in [3.63, 3.8) is 0 Å². The summed E-state index contributed by atoms with van der Waals surface area (Å²) in [5, 5.41) is 14.3. The number of allylic oxidation sites excluding steroid dienone is 1. The lowest BCUT2D eigenvalue weighted by molar-refractivity contribution is -0.167. The average molecular weight is 737 g/mol. The molecule has 50 heavy (non-hydrogen) atoms. The molecule has 0 aromatic heterocycles. The second kappa shape index (κ2) is 22.3. The van der Waals surface area contributed by atoms with Crippen LogP contribution in [0.1, 0.15) is 73.3 Å². The van der Waals surface area contributed by atoms with E-state index in [1.165, 1.54) is 11.6 Å². The van der Waals surface area contributed by atoms with Crippen LogP contribution in [0.2, 0.25) is 0 Å². The summed E-state index contributed by atoms with van der Waals surface area (Å²) in [5.41, 5.74) is 1.29. The smallest absolute Gasteiger partial charge is 0.345 e. The number of amides is 2. The van der Waals surface area contributed by atoms with E-state index >= 15 is 0 Å². The van der Waals surface area contributed by atoms with Crippen molar-refractivity contribution >= 4 is 45.3 Å². The fraction of sp³-hybridized carbons (Fsp3) is 0.676. The largest absolute Gasteiger partial charge is 0.490 e. The molecule has 0 radical (unpaired) electrons. The second-order valence-corrected chi connectivity index (χ2v) is 17.4. The lowest BCUT2D eigenvalue weighted by Gasteiger charge is -2.38. The van der Waals surface area contributed by atoms with Gasteiger partial charge in [0, 0.05) is 50.6 Å². The standard InChI is InChI=1S/C37H60N4O7S2/c1-26(2)21-32(35(44)45)48-36(46)28(4)22-38-34(43)23-39-33(42)12-10-9-11-27(3)29(5)47-31-15-13-30(14-16-31)24-40-17-19-41(20-18-40)25-37(6,7)50-49-8/h10,12-16,26-29,32H,9,11,17-25H2,1-8H3,(H,38,43)(H,39,42)(H,44,45). The highest BCUT2D eigenvalue weighted by atomic mass is 33.1. The molecule has 0 spiro atoms. The minimum Gasteiger partial charge on any atom is -0.490 e. The van der Waals surface area contributed by atoms with Gasteiger partial charge in [0.15, 0.2) is 6.10 Å². The Morgan fingerprint density at radius 3 is 2.22 bits per heavy atom. The van der Waals surface area contributed by atoms with Crippen molar-refractivity contribution in [3.8, 4) is 5.75 Å². The number of ether oxygens (including phenoxy) is 2. The third-order valence-corrected chi connectivity index (χ3v) is 11.1. The number of carboxylic acids is 1. The van der Waals surface area contributed by atoms with Crippen LogP contribution in [0.25, 0.3) is 0 Å². The number of esters is 1. The minimum atomic E-state index is -1.22. The Morgan fingerprint density at radius 1 is 0.980 bits per heavy atom. The Morgan fingerprint density at radius 2 is 1.62 bits per heavy atom. The van der Waals surface area contributed by atoms with Crippen LogP contribution < -0.4 is 15.4 Å². The Labute approximate surface area is 307 Å². The SMILES string of the molecule is CSSC(C)(C)CN1CCN(Cc2ccc(OC(C)C(C)CCC=CC(=O)NCC(=O)NCC(C)C(=O)OC(CC(C)C)C(=O)O)cc2)CC1. The average Bonchev–Trinajstić information content (AvgIpc) is 3.05. The van der Waals surface area contributed by atoms with E-state index in [-0.39, 0.29) is 42.2 Å². The van der Waals surface area contributed by atoms with Crippen molar-refractivity contribution in [2.45, 2.75) is 91.2 Å². The molecule has 1 fully saturated rings. The number of nitrogens with zero attached hydrogens (tertiary/aromatic N) is 2. The van der Waals surface area contributed by atoms with E-state index in [2.05, 4.69) is 66.5 Å². The van der Waals surface area contributed by atoms with Gasteiger partial charge < -0.3 is 25.2 Å². The summed E-state index contributed by atoms with van der Waals surface area (Å²) in [4.78, 5) is 53.0. The van der Waals surface area contributed by atoms with Crippen LogP contribution in [0.5, 0.6) is 5.75 Å². The van der Waals surface area contributed by atoms with Crippen LogP contribution in [-0.2, 0) is 30.5 Å². The summed E-state index contributed by atoms with van der Waals surface area (Å²) >= 11 is 0. The van der Waals surface area contributed by atoms with Crippen molar-refractivity contribution in [1.29, 1.82) is 0 Å². The van der Waals surface area contributed by atoms with E-state index in [1.54, 1.807) is 13.0 Å². The predicted molar refractivity (Wildman–Crippen MR) is 203 cm³/mol. The van der Waals surface area contributed by atoms with Crippen molar-refractivity contribution in [1.82, 2.24) is 20.4 Å². The first kappa shape index (κ1) is 43.4. The lowest BCUT2D eigenvalue weighted by Crippen LogP contribution is -2.49. The summed E-state index contributed by atoms with van der Waals surface area (Å²) in [7, 11) is 3.79. The van der Waals surface area contributed by atoms with Gasteiger partial charge in [-0.3, -0.25) is 24.2 Å². The van der Waals surface area contributed by atoms with Gasteiger partial charge in [-0.15, -0.1) is 0 Å². The molecule has 4 atom stereocenters. The molecule has 0 aliphatic carbocycles. The number of nitrogens with one attached hydrogen (secondary N) is 2. The summed E-state index contributed by atoms with van der Waals surface area (Å²) < 4.78 is 11.6. The van der Waals surface area contributed by atoms with Crippen LogP contribution in [-0.4, -0.2) is 108 Å². The van der Waals surface area contributed by atoms with Gasteiger partial charge in [0.25, 0.3) is 0 Å². The number of hydrogen-bond donors (Lipinski definition) is 3. The van der Waals surface area contributed by atoms with E-state index in [9.17, 15) is 24.3 Å². The monoisotopic (exact) mass is 736 g/mol. The molecule has 2 amide bonds. The summed E-state index contributed by atoms with van der Waals surface area (Å²) in [5.74, 6) is -2.34. The number of carbonyl (C=O) groups is 4. The molecule has 0 saturated carbocycles. The number of rotatable bonds is 22. The molecular weight excluding hydrogens is 677 g/mol. The van der Waals surface area contributed by atoms with Gasteiger partial charge in [-0.25, -0.2) is 4.79 Å². The molecule has 1 aromatic carbocycles. The maximum atomic E-state index is 12.2. The maximum Gasteiger partial charge on any atom is 0.345 e. The highest BCUT2D eigenvalue weighted by Crippen LogP contribution is 2.34. The summed E-state index contributed by atoms with van der Waals surface area (Å²) in [6, 6.07) is 8.40. The van der Waals surface area contributed by atoms with Crippen molar-refractivity contribution in [2.75, 3.05) is 52.1 Å². The third-order valence-electron chi connectivity index (χ3n) is 8.54. The topological polar surface area (TPSA) is 138 Å². The van der Waals surface area contributed by atoms with Gasteiger partial charge in [0.05, 0.1) is 18.6 Å². The van der Waals surface area contributed by atoms with E-state index in [0.717, 1.165) is 51.4 Å². The highest BCUT2D eigenvalue weighted by molar-refractivity contribution is 8.77. The Kier molecular flexibility index (Phi) is 19.3. The number of hydrogen-bond acceptors (Lipinski definition) is 10. The van der Waals surface area contributed by atoms with E-state index in [4.69, 9.17) is 9.47 Å². The number of piperazine rings is 1. The van der Waals surface area contributed by atoms with Gasteiger partial charge >= 0.3 is 11.9 Å². The molecular formula is C37H60N4O7S2. The minimum absolute atomic E-state index is 0.00161. The molecule has 1 saturated heterocycles. The molecule has 11 nitrogen and oxygen atoms in total. The number of benzene rings is 1. The molecule has 3 N–H and O–H groups in total. The van der Waals surface area contributed by atoms with E-state index in [0.29, 0.717) is 6.42 Å². The molecule has 282 valence electrons. The number of carboxylic acid groups (broad SMARTS) is 1. The normalized spacial score (nSPS) is 16.8. The van der Waals surface area contributed by atoms with Crippen molar-refractivity contribution in [2.24, 2.45) is 17.8 Å². The zero-order valence-electron chi connectivity index (χ0n) is 31.2. The molecule has 0 bridgehead atoms. The number of carbonyl (C=O) groups excluding carboxylic acids is 3. The first-order valence-electron chi connectivity index (χ1n) is 17.6. The lowest BCUT2D eigenvalue weighted by atomic mass is 10.00. The molecule has 1 aromatic rings. The molecule has 1 aliphatic rings. The quantitative estimate of drug-likeness (QED) is 0.0819. The molecule has 4 unspecified atom stereocenters. The van der Waals surface area contributed by atoms with Gasteiger partial charge in [0.1, 0.15) is 5.75 Å². The molecule has 1 aliphatic heterocycles. The fourth-order valence-corrected chi connectivity index (χ4v) is 7.66. The van der Waals surface area contributed by atoms with Crippen molar-refractivity contribution in [3.05, 3.63) is 42.0 Å². The van der Waals surface area contributed by atoms with E-state index < -0.39 is 35.8 Å². The zero-order valence-corrected chi connectivity index (χ0v) is 32.9. The third kappa shape index (κ3) is 17.5. The predicted octanol–water partition coefficient (Wildman–Crippen LogP) is 5.24. The van der Waals surface area contributed by atoms with Crippen LogP contribution in [0.3, 0.4) is 0 Å². The Bertz CT molecular complexity index is 1240. The fourth-order valence-electron chi connectivity index (χ4n) is 5.47. The Balaban J connectivity index is 1.63. The van der Waals surface area contributed by atoms with Crippen LogP contribution in [0.4, 0.5) is 0 Å². The highest BCUT2D eigenvalue weighted by Gasteiger charge is 2.27. The van der Waals surface area contributed by atoms with Gasteiger partial charge in [0.2, 0.25) is 11.8 Å². The van der Waals surface area contributed by atoms with Crippen LogP contribution in [0.15, 0.2) is 36.4 Å². The van der Waals surface area contributed by atoms with Crippen molar-refractivity contribution < 1.29 is 33.8 Å². The summed E-state index contributed by atoms with van der Waals surface area (Å²) in [6.07, 6.45) is 5.83. The maximum absolute atomic E-state index is 12.2. The van der Waals surface area contributed by atoms with E-state index in [1.807, 2.05) is 47.6 Å². The van der Waals surface area contributed by atoms with Gasteiger partial charge in [-0.2, -0.15) is 0 Å². The van der Waals surface area contributed by atoms with Gasteiger partial charge in [-0.1, -0.05) is 67.5 Å². The molecule has 13 heteroatoms. The zero-order chi connectivity index (χ0) is 37.3. The van der Waals surface area contributed by atoms with Crippen LogP contribution >= 0.6 is 21.6 Å². The first-order chi connectivity index (χ1) is 23.6. The van der Waals surface area contributed by atoms with Gasteiger partial charge in [-0.05, 0) is 81.9 Å². The number of aliphatic carboxylic acids is 1. The summed E-state index contributed by atoms with van der Waals surface area (Å²) in [6.45, 7) is 20.2. The molecule has 2 rings (SSSR count). The second-order valence-electron chi connectivity index (χ2n) is 14.3. The van der Waals surface area contributed by atoms with Crippen LogP contribution in [0, 0.1) is 17.8 Å². The molecule has 1 heterocycles. The first-order valence-corrected chi connectivity index (χ1v) is 20.2.